The predicted molar refractivity (Wildman–Crippen MR) is 97.3 cm³/mol. The molecule has 0 aliphatic carbocycles. The van der Waals surface area contributed by atoms with E-state index in [0.29, 0.717) is 12.3 Å². The van der Waals surface area contributed by atoms with Crippen molar-refractivity contribution in [1.29, 1.82) is 0 Å². The number of carbonyl (C=O) groups is 1. The van der Waals surface area contributed by atoms with Gasteiger partial charge in [-0.2, -0.15) is 0 Å². The van der Waals surface area contributed by atoms with Crippen molar-refractivity contribution in [1.82, 2.24) is 14.9 Å². The molecule has 1 aromatic heterocycles. The number of aromatic nitrogens is 2. The zero-order chi connectivity index (χ0) is 19.3. The van der Waals surface area contributed by atoms with E-state index in [1.54, 1.807) is 12.5 Å². The van der Waals surface area contributed by atoms with E-state index >= 15 is 0 Å². The third-order valence-electron chi connectivity index (χ3n) is 3.95. The van der Waals surface area contributed by atoms with Crippen LogP contribution in [-0.2, 0) is 6.54 Å². The fraction of sp³-hybridized carbons (Fsp3) is 0.412. The summed E-state index contributed by atoms with van der Waals surface area (Å²) >= 11 is 0. The second kappa shape index (κ2) is 7.85. The van der Waals surface area contributed by atoms with E-state index in [1.807, 2.05) is 31.5 Å². The highest BCUT2D eigenvalue weighted by atomic mass is 16.6. The molecule has 2 rings (SSSR count). The lowest BCUT2D eigenvalue weighted by Crippen LogP contribution is -2.47. The molecule has 0 spiro atoms. The lowest BCUT2D eigenvalue weighted by atomic mass is 9.86. The van der Waals surface area contributed by atoms with Crippen molar-refractivity contribution in [2.24, 2.45) is 5.41 Å². The number of nitrogens with zero attached hydrogens (tertiary/aromatic N) is 3. The van der Waals surface area contributed by atoms with Crippen molar-refractivity contribution in [2.45, 2.75) is 33.4 Å². The van der Waals surface area contributed by atoms with Crippen molar-refractivity contribution < 1.29 is 14.5 Å². The van der Waals surface area contributed by atoms with E-state index in [0.717, 1.165) is 0 Å². The van der Waals surface area contributed by atoms with Crippen LogP contribution in [0.15, 0.2) is 36.9 Å². The number of non-ortho nitro benzene ring substituents is 1. The van der Waals surface area contributed by atoms with E-state index in [-0.39, 0.29) is 22.8 Å². The summed E-state index contributed by atoms with van der Waals surface area (Å²) in [7, 11) is 1.43. The van der Waals surface area contributed by atoms with Crippen molar-refractivity contribution in [2.75, 3.05) is 12.4 Å². The molecule has 2 amide bonds. The van der Waals surface area contributed by atoms with Crippen molar-refractivity contribution in [3.05, 3.63) is 47.0 Å². The van der Waals surface area contributed by atoms with Gasteiger partial charge in [0.1, 0.15) is 5.75 Å². The molecule has 0 unspecified atom stereocenters. The maximum Gasteiger partial charge on any atom is 0.319 e. The Morgan fingerprint density at radius 1 is 1.42 bits per heavy atom. The number of methoxy groups -OCH3 is 1. The van der Waals surface area contributed by atoms with Gasteiger partial charge in [-0.05, 0) is 11.5 Å². The van der Waals surface area contributed by atoms with Crippen LogP contribution in [-0.4, -0.2) is 33.7 Å². The van der Waals surface area contributed by atoms with Gasteiger partial charge in [-0.3, -0.25) is 10.1 Å². The average molecular weight is 361 g/mol. The van der Waals surface area contributed by atoms with E-state index in [4.69, 9.17) is 4.74 Å². The monoisotopic (exact) mass is 361 g/mol. The highest BCUT2D eigenvalue weighted by Crippen LogP contribution is 2.29. The van der Waals surface area contributed by atoms with Gasteiger partial charge in [0.05, 0.1) is 30.1 Å². The standard InChI is InChI=1S/C17H23N5O4/c1-17(2,3)15(10-21-8-7-18-11-21)20-16(23)19-13-9-12(22(24)25)5-6-14(13)26-4/h5-9,11,15H,10H2,1-4H3,(H2,19,20,23)/t15-/m1/s1. The Bertz CT molecular complexity index is 768. The van der Waals surface area contributed by atoms with Gasteiger partial charge in [0.2, 0.25) is 0 Å². The third kappa shape index (κ3) is 4.95. The first-order valence-electron chi connectivity index (χ1n) is 8.06. The number of anilines is 1. The molecule has 0 saturated heterocycles. The minimum Gasteiger partial charge on any atom is -0.495 e. The maximum absolute atomic E-state index is 12.5. The van der Waals surface area contributed by atoms with Crippen LogP contribution in [0.4, 0.5) is 16.2 Å². The number of imidazole rings is 1. The van der Waals surface area contributed by atoms with Gasteiger partial charge in [-0.1, -0.05) is 20.8 Å². The minimum absolute atomic E-state index is 0.133. The molecule has 0 bridgehead atoms. The van der Waals surface area contributed by atoms with Crippen LogP contribution >= 0.6 is 0 Å². The normalized spacial score (nSPS) is 12.3. The SMILES string of the molecule is COc1ccc([N+](=O)[O-])cc1NC(=O)N[C@H](Cn1ccnc1)C(C)(C)C. The number of nitrogens with one attached hydrogen (secondary N) is 2. The Morgan fingerprint density at radius 3 is 2.69 bits per heavy atom. The Morgan fingerprint density at radius 2 is 2.15 bits per heavy atom. The van der Waals surface area contributed by atoms with Gasteiger partial charge < -0.3 is 19.9 Å². The molecule has 0 saturated carbocycles. The highest BCUT2D eigenvalue weighted by Gasteiger charge is 2.27. The van der Waals surface area contributed by atoms with Gasteiger partial charge in [-0.25, -0.2) is 9.78 Å². The van der Waals surface area contributed by atoms with Crippen molar-refractivity contribution in [3.63, 3.8) is 0 Å². The summed E-state index contributed by atoms with van der Waals surface area (Å²) in [6.45, 7) is 6.59. The number of rotatable bonds is 6. The molecule has 1 heterocycles. The molecule has 2 N–H and O–H groups in total. The van der Waals surface area contributed by atoms with Gasteiger partial charge in [0.25, 0.3) is 5.69 Å². The number of amides is 2. The average Bonchev–Trinajstić information content (AvgIpc) is 3.06. The molecule has 0 aliphatic rings. The summed E-state index contributed by atoms with van der Waals surface area (Å²) in [5, 5.41) is 16.5. The molecular weight excluding hydrogens is 338 g/mol. The summed E-state index contributed by atoms with van der Waals surface area (Å²) in [6.07, 6.45) is 5.18. The van der Waals surface area contributed by atoms with Crippen LogP contribution < -0.4 is 15.4 Å². The second-order valence-electron chi connectivity index (χ2n) is 6.92. The first-order chi connectivity index (χ1) is 12.2. The second-order valence-corrected chi connectivity index (χ2v) is 6.92. The van der Waals surface area contributed by atoms with E-state index in [2.05, 4.69) is 15.6 Å². The topological polar surface area (TPSA) is 111 Å². The Hall–Kier alpha value is -3.10. The van der Waals surface area contributed by atoms with Crippen molar-refractivity contribution in [3.8, 4) is 5.75 Å². The minimum atomic E-state index is -0.528. The summed E-state index contributed by atoms with van der Waals surface area (Å²) in [5.74, 6) is 0.340. The Kier molecular flexibility index (Phi) is 5.81. The molecule has 9 heteroatoms. The fourth-order valence-corrected chi connectivity index (χ4v) is 2.37. The molecule has 140 valence electrons. The van der Waals surface area contributed by atoms with E-state index < -0.39 is 11.0 Å². The third-order valence-corrected chi connectivity index (χ3v) is 3.95. The zero-order valence-corrected chi connectivity index (χ0v) is 15.2. The van der Waals surface area contributed by atoms with E-state index in [1.165, 1.54) is 25.3 Å². The Balaban J connectivity index is 2.15. The van der Waals surface area contributed by atoms with Gasteiger partial charge >= 0.3 is 6.03 Å². The molecule has 0 fully saturated rings. The van der Waals surface area contributed by atoms with Gasteiger partial charge in [0, 0.05) is 31.1 Å². The smallest absolute Gasteiger partial charge is 0.319 e. The molecule has 2 aromatic rings. The van der Waals surface area contributed by atoms with Crippen LogP contribution in [0.3, 0.4) is 0 Å². The molecule has 0 radical (unpaired) electrons. The predicted octanol–water partition coefficient (Wildman–Crippen LogP) is 3.04. The molecule has 1 aromatic carbocycles. The molecule has 9 nitrogen and oxygen atoms in total. The number of ether oxygens (including phenoxy) is 1. The highest BCUT2D eigenvalue weighted by molar-refractivity contribution is 5.91. The number of benzene rings is 1. The van der Waals surface area contributed by atoms with Crippen LogP contribution in [0, 0.1) is 15.5 Å². The number of nitro groups is 1. The lowest BCUT2D eigenvalue weighted by molar-refractivity contribution is -0.384. The summed E-state index contributed by atoms with van der Waals surface area (Å²) in [6, 6.07) is 3.37. The van der Waals surface area contributed by atoms with Crippen LogP contribution in [0.25, 0.3) is 0 Å². The quantitative estimate of drug-likeness (QED) is 0.607. The van der Waals surface area contributed by atoms with E-state index in [9.17, 15) is 14.9 Å². The molecular formula is C17H23N5O4. The van der Waals surface area contributed by atoms with Crippen LogP contribution in [0.5, 0.6) is 5.75 Å². The molecule has 26 heavy (non-hydrogen) atoms. The first kappa shape index (κ1) is 19.2. The molecule has 1 atom stereocenters. The molecule has 0 aliphatic heterocycles. The summed E-state index contributed by atoms with van der Waals surface area (Å²) < 4.78 is 7.04. The number of hydrogen-bond acceptors (Lipinski definition) is 5. The van der Waals surface area contributed by atoms with Crippen molar-refractivity contribution >= 4 is 17.4 Å². The fourth-order valence-electron chi connectivity index (χ4n) is 2.37. The summed E-state index contributed by atoms with van der Waals surface area (Å²) in [5.41, 5.74) is -0.115. The summed E-state index contributed by atoms with van der Waals surface area (Å²) in [4.78, 5) is 26.9. The van der Waals surface area contributed by atoms with Crippen LogP contribution in [0.1, 0.15) is 20.8 Å². The van der Waals surface area contributed by atoms with Crippen LogP contribution in [0.2, 0.25) is 0 Å². The number of hydrogen-bond donors (Lipinski definition) is 2. The maximum atomic E-state index is 12.5. The Labute approximate surface area is 151 Å². The van der Waals surface area contributed by atoms with Gasteiger partial charge in [-0.15, -0.1) is 0 Å². The van der Waals surface area contributed by atoms with Gasteiger partial charge in [0.15, 0.2) is 0 Å². The largest absolute Gasteiger partial charge is 0.495 e. The number of carbonyl (C=O) groups excluding carboxylic acids is 1. The lowest BCUT2D eigenvalue weighted by Gasteiger charge is -2.31. The number of urea groups is 1. The first-order valence-corrected chi connectivity index (χ1v) is 8.06. The zero-order valence-electron chi connectivity index (χ0n) is 15.2. The number of nitro benzene ring substituents is 1.